The molecule has 0 radical (unpaired) electrons. The van der Waals surface area contributed by atoms with Crippen LogP contribution in [0.25, 0.3) is 6.08 Å². The molecule has 0 unspecified atom stereocenters. The standard InChI is InChI=1S/C25H23F7N4O3/c26-18-4-1-15(2-5-18)3-6-21(38)35-23(7-9-36(10-8-23)14-20(33)37)22(39)34-19-12-16(24(27,28)29)11-17(13-19)25(30,31)32/h1-6,11-13H,7-10,14H2,(H2,33,37)(H,34,39)(H,35,38)/b6-3+. The first-order valence-corrected chi connectivity index (χ1v) is 11.4. The van der Waals surface area contributed by atoms with E-state index in [-0.39, 0.29) is 38.5 Å². The second-order valence-corrected chi connectivity index (χ2v) is 8.95. The Morgan fingerprint density at radius 3 is 1.95 bits per heavy atom. The second kappa shape index (κ2) is 11.4. The van der Waals surface area contributed by atoms with Crippen molar-refractivity contribution in [3.05, 3.63) is 71.0 Å². The Morgan fingerprint density at radius 2 is 1.46 bits per heavy atom. The van der Waals surface area contributed by atoms with E-state index in [4.69, 9.17) is 5.73 Å². The molecule has 0 aliphatic carbocycles. The highest BCUT2D eigenvalue weighted by Gasteiger charge is 2.43. The van der Waals surface area contributed by atoms with Crippen LogP contribution in [0.2, 0.25) is 0 Å². The van der Waals surface area contributed by atoms with Gasteiger partial charge in [0.25, 0.3) is 0 Å². The minimum atomic E-state index is -5.13. The Balaban J connectivity index is 1.89. The van der Waals surface area contributed by atoms with Gasteiger partial charge in [-0.25, -0.2) is 4.39 Å². The monoisotopic (exact) mass is 560 g/mol. The highest BCUT2D eigenvalue weighted by Crippen LogP contribution is 2.38. The number of primary amides is 1. The van der Waals surface area contributed by atoms with E-state index < -0.39 is 58.2 Å². The largest absolute Gasteiger partial charge is 0.416 e. The van der Waals surface area contributed by atoms with Gasteiger partial charge in [0.2, 0.25) is 17.7 Å². The molecule has 0 bridgehead atoms. The van der Waals surface area contributed by atoms with Crippen molar-refractivity contribution in [1.82, 2.24) is 10.2 Å². The summed E-state index contributed by atoms with van der Waals surface area (Å²) in [6, 6.07) is 5.73. The molecule has 1 aliphatic heterocycles. The molecule has 0 spiro atoms. The van der Waals surface area contributed by atoms with Gasteiger partial charge in [-0.1, -0.05) is 12.1 Å². The maximum absolute atomic E-state index is 13.3. The van der Waals surface area contributed by atoms with Gasteiger partial charge in [-0.05, 0) is 54.8 Å². The zero-order chi connectivity index (χ0) is 29.0. The van der Waals surface area contributed by atoms with Gasteiger partial charge in [-0.3, -0.25) is 19.3 Å². The van der Waals surface area contributed by atoms with Crippen molar-refractivity contribution in [3.8, 4) is 0 Å². The summed E-state index contributed by atoms with van der Waals surface area (Å²) in [7, 11) is 0. The van der Waals surface area contributed by atoms with E-state index in [1.807, 2.05) is 0 Å². The summed E-state index contributed by atoms with van der Waals surface area (Å²) < 4.78 is 92.7. The predicted molar refractivity (Wildman–Crippen MR) is 126 cm³/mol. The molecule has 0 atom stereocenters. The van der Waals surface area contributed by atoms with E-state index in [1.54, 1.807) is 4.90 Å². The number of hydrogen-bond donors (Lipinski definition) is 3. The van der Waals surface area contributed by atoms with E-state index in [0.717, 1.165) is 18.2 Å². The summed E-state index contributed by atoms with van der Waals surface area (Å²) in [6.45, 7) is -0.0257. The lowest BCUT2D eigenvalue weighted by Gasteiger charge is -2.40. The number of carbonyl (C=O) groups excluding carboxylic acids is 3. The van der Waals surface area contributed by atoms with Crippen molar-refractivity contribution in [3.63, 3.8) is 0 Å². The minimum Gasteiger partial charge on any atom is -0.369 e. The van der Waals surface area contributed by atoms with E-state index in [1.165, 1.54) is 18.2 Å². The summed E-state index contributed by atoms with van der Waals surface area (Å²) in [5.41, 5.74) is -0.114. The number of likely N-dealkylation sites (tertiary alicyclic amines) is 1. The number of benzene rings is 2. The van der Waals surface area contributed by atoms with Gasteiger partial charge >= 0.3 is 12.4 Å². The molecular weight excluding hydrogens is 537 g/mol. The summed E-state index contributed by atoms with van der Waals surface area (Å²) in [5, 5.41) is 4.59. The Kier molecular flexibility index (Phi) is 8.68. The number of alkyl halides is 6. The van der Waals surface area contributed by atoms with Gasteiger partial charge in [0.05, 0.1) is 17.7 Å². The SMILES string of the molecule is NC(=O)CN1CCC(NC(=O)/C=C/c2ccc(F)cc2)(C(=O)Nc2cc(C(F)(F)F)cc(C(F)(F)F)c2)CC1. The molecule has 1 fully saturated rings. The van der Waals surface area contributed by atoms with Gasteiger partial charge in [0.1, 0.15) is 11.4 Å². The topological polar surface area (TPSA) is 105 Å². The van der Waals surface area contributed by atoms with Crippen LogP contribution in [0.15, 0.2) is 48.5 Å². The van der Waals surface area contributed by atoms with E-state index in [9.17, 15) is 45.1 Å². The van der Waals surface area contributed by atoms with Crippen LogP contribution in [-0.2, 0) is 26.7 Å². The number of nitrogens with two attached hydrogens (primary N) is 1. The van der Waals surface area contributed by atoms with Gasteiger partial charge in [0.15, 0.2) is 0 Å². The third-order valence-electron chi connectivity index (χ3n) is 6.03. The third kappa shape index (κ3) is 8.02. The van der Waals surface area contributed by atoms with Crippen LogP contribution in [0.1, 0.15) is 29.5 Å². The van der Waals surface area contributed by atoms with Crippen LogP contribution in [0.3, 0.4) is 0 Å². The number of piperidine rings is 1. The van der Waals surface area contributed by atoms with Gasteiger partial charge in [-0.15, -0.1) is 0 Å². The molecule has 2 aromatic carbocycles. The number of nitrogens with zero attached hydrogens (tertiary/aromatic N) is 1. The summed E-state index contributed by atoms with van der Waals surface area (Å²) >= 11 is 0. The lowest BCUT2D eigenvalue weighted by Crippen LogP contribution is -2.62. The molecule has 1 aliphatic rings. The van der Waals surface area contributed by atoms with Crippen molar-refractivity contribution >= 4 is 29.5 Å². The highest BCUT2D eigenvalue weighted by molar-refractivity contribution is 6.03. The van der Waals surface area contributed by atoms with E-state index >= 15 is 0 Å². The van der Waals surface area contributed by atoms with Crippen LogP contribution in [0.4, 0.5) is 36.4 Å². The van der Waals surface area contributed by atoms with Crippen molar-refractivity contribution < 1.29 is 45.1 Å². The van der Waals surface area contributed by atoms with E-state index in [0.29, 0.717) is 17.7 Å². The third-order valence-corrected chi connectivity index (χ3v) is 6.03. The first-order chi connectivity index (χ1) is 18.1. The Bertz CT molecular complexity index is 1220. The zero-order valence-corrected chi connectivity index (χ0v) is 20.1. The van der Waals surface area contributed by atoms with Crippen LogP contribution in [0.5, 0.6) is 0 Å². The fraction of sp³-hybridized carbons (Fsp3) is 0.320. The first kappa shape index (κ1) is 29.6. The quantitative estimate of drug-likeness (QED) is 0.353. The van der Waals surface area contributed by atoms with Gasteiger partial charge in [-0.2, -0.15) is 26.3 Å². The number of anilines is 1. The summed E-state index contributed by atoms with van der Waals surface area (Å²) in [4.78, 5) is 38.9. The second-order valence-electron chi connectivity index (χ2n) is 8.95. The molecule has 0 aromatic heterocycles. The number of rotatable bonds is 7. The number of nitrogens with one attached hydrogen (secondary N) is 2. The van der Waals surface area contributed by atoms with Crippen LogP contribution in [0, 0.1) is 5.82 Å². The van der Waals surface area contributed by atoms with Crippen LogP contribution in [-0.4, -0.2) is 47.8 Å². The van der Waals surface area contributed by atoms with Crippen molar-refractivity contribution in [2.45, 2.75) is 30.7 Å². The van der Waals surface area contributed by atoms with Crippen molar-refractivity contribution in [2.24, 2.45) is 5.73 Å². The van der Waals surface area contributed by atoms with Gasteiger partial charge < -0.3 is 16.4 Å². The molecule has 1 saturated heterocycles. The maximum atomic E-state index is 13.3. The molecule has 1 heterocycles. The average Bonchev–Trinajstić information content (AvgIpc) is 2.83. The number of hydrogen-bond acceptors (Lipinski definition) is 4. The molecule has 210 valence electrons. The fourth-order valence-corrected chi connectivity index (χ4v) is 4.02. The number of amides is 3. The van der Waals surface area contributed by atoms with Crippen LogP contribution < -0.4 is 16.4 Å². The molecular formula is C25H23F7N4O3. The molecule has 14 heteroatoms. The average molecular weight is 560 g/mol. The molecule has 2 aromatic rings. The van der Waals surface area contributed by atoms with Gasteiger partial charge in [0, 0.05) is 24.9 Å². The Hall–Kier alpha value is -3.94. The summed E-state index contributed by atoms with van der Waals surface area (Å²) in [5.74, 6) is -2.99. The number of carbonyl (C=O) groups is 3. The maximum Gasteiger partial charge on any atom is 0.416 e. The molecule has 7 nitrogen and oxygen atoms in total. The number of halogens is 7. The predicted octanol–water partition coefficient (Wildman–Crippen LogP) is 3.95. The highest BCUT2D eigenvalue weighted by atomic mass is 19.4. The molecule has 4 N–H and O–H groups in total. The molecule has 39 heavy (non-hydrogen) atoms. The van der Waals surface area contributed by atoms with E-state index in [2.05, 4.69) is 10.6 Å². The fourth-order valence-electron chi connectivity index (χ4n) is 4.02. The summed E-state index contributed by atoms with van der Waals surface area (Å²) in [6.07, 6.45) is -8.15. The Labute approximate surface area is 217 Å². The normalized spacial score (nSPS) is 16.2. The first-order valence-electron chi connectivity index (χ1n) is 11.4. The molecule has 3 rings (SSSR count). The Morgan fingerprint density at radius 1 is 0.923 bits per heavy atom. The van der Waals surface area contributed by atoms with Crippen LogP contribution >= 0.6 is 0 Å². The minimum absolute atomic E-state index is 0.0642. The lowest BCUT2D eigenvalue weighted by molar-refractivity contribution is -0.143. The zero-order valence-electron chi connectivity index (χ0n) is 20.1. The van der Waals surface area contributed by atoms with Crippen molar-refractivity contribution in [2.75, 3.05) is 25.0 Å². The molecule has 0 saturated carbocycles. The smallest absolute Gasteiger partial charge is 0.369 e. The van der Waals surface area contributed by atoms with Crippen molar-refractivity contribution in [1.29, 1.82) is 0 Å². The molecule has 3 amide bonds. The lowest BCUT2D eigenvalue weighted by atomic mass is 9.86.